The van der Waals surface area contributed by atoms with Crippen LogP contribution in [0.3, 0.4) is 0 Å². The van der Waals surface area contributed by atoms with Gasteiger partial charge in [-0.05, 0) is 54.2 Å². The second kappa shape index (κ2) is 9.18. The minimum atomic E-state index is -1.10. The summed E-state index contributed by atoms with van der Waals surface area (Å²) < 4.78 is 29.7. The Labute approximate surface area is 200 Å². The van der Waals surface area contributed by atoms with E-state index in [1.807, 2.05) is 30.3 Å². The number of pyridine rings is 1. The van der Waals surface area contributed by atoms with Gasteiger partial charge in [0.15, 0.2) is 5.17 Å². The monoisotopic (exact) mass is 479 g/mol. The van der Waals surface area contributed by atoms with E-state index in [-0.39, 0.29) is 12.5 Å². The lowest BCUT2D eigenvalue weighted by Gasteiger charge is -2.38. The molecule has 8 heteroatoms. The number of hydrogen-bond donors (Lipinski definition) is 1. The number of aliphatic imine (C=N–C) groups is 1. The topological polar surface area (TPSA) is 65.8 Å². The van der Waals surface area contributed by atoms with Crippen LogP contribution in [0.2, 0.25) is 0 Å². The molecule has 1 aliphatic heterocycles. The van der Waals surface area contributed by atoms with Crippen LogP contribution in [-0.2, 0) is 12.1 Å². The predicted octanol–water partition coefficient (Wildman–Crippen LogP) is 6.31. The molecule has 5 rings (SSSR count). The Morgan fingerprint density at radius 2 is 1.97 bits per heavy atom. The summed E-state index contributed by atoms with van der Waals surface area (Å²) in [6.07, 6.45) is 2.61. The van der Waals surface area contributed by atoms with Gasteiger partial charge in [-0.3, -0.25) is 9.89 Å². The van der Waals surface area contributed by atoms with Crippen molar-refractivity contribution in [3.63, 3.8) is 0 Å². The summed E-state index contributed by atoms with van der Waals surface area (Å²) >= 11 is 1.40. The van der Waals surface area contributed by atoms with Crippen molar-refractivity contribution in [1.82, 2.24) is 9.88 Å². The molecule has 34 heavy (non-hydrogen) atoms. The van der Waals surface area contributed by atoms with Crippen LogP contribution in [-0.4, -0.2) is 32.0 Å². The molecule has 1 aromatic heterocycles. The molecule has 0 radical (unpaired) electrons. The molecule has 1 aliphatic carbocycles. The zero-order valence-corrected chi connectivity index (χ0v) is 19.1. The van der Waals surface area contributed by atoms with Crippen molar-refractivity contribution < 1.29 is 18.7 Å². The Kier molecular flexibility index (Phi) is 6.08. The summed E-state index contributed by atoms with van der Waals surface area (Å²) in [6, 6.07) is 17.1. The van der Waals surface area contributed by atoms with E-state index < -0.39 is 23.4 Å². The number of rotatable bonds is 4. The van der Waals surface area contributed by atoms with E-state index in [0.717, 1.165) is 18.4 Å². The lowest BCUT2D eigenvalue weighted by atomic mass is 9.80. The standard InChI is InChI=1S/C26H23F2N3O2S/c27-22-11-10-18(20-9-5-13-29-23(20)28)14-21(22)26-12-4-8-19(26)16-34-24(30-26)31(25(32)33)15-17-6-2-1-3-7-17/h1-3,5-7,9-11,13-14,19H,4,8,12,15-16H2,(H,32,33). The van der Waals surface area contributed by atoms with Gasteiger partial charge >= 0.3 is 6.09 Å². The number of aromatic nitrogens is 1. The number of benzene rings is 2. The van der Waals surface area contributed by atoms with Gasteiger partial charge in [-0.1, -0.05) is 54.6 Å². The number of fused-ring (bicyclic) bond motifs is 1. The van der Waals surface area contributed by atoms with Crippen molar-refractivity contribution >= 4 is 23.0 Å². The summed E-state index contributed by atoms with van der Waals surface area (Å²) in [5.74, 6) is -0.330. The second-order valence-corrected chi connectivity index (χ2v) is 9.60. The van der Waals surface area contributed by atoms with Gasteiger partial charge in [-0.25, -0.2) is 14.2 Å². The van der Waals surface area contributed by atoms with Crippen molar-refractivity contribution in [2.75, 3.05) is 5.75 Å². The largest absolute Gasteiger partial charge is 0.465 e. The number of carbonyl (C=O) groups is 1. The number of nitrogens with zero attached hydrogens (tertiary/aromatic N) is 3. The minimum absolute atomic E-state index is 0.0668. The van der Waals surface area contributed by atoms with Crippen LogP contribution in [0.25, 0.3) is 11.1 Å². The first-order valence-electron chi connectivity index (χ1n) is 11.2. The molecular weight excluding hydrogens is 456 g/mol. The summed E-state index contributed by atoms with van der Waals surface area (Å²) in [6.45, 7) is 0.159. The molecule has 0 bridgehead atoms. The van der Waals surface area contributed by atoms with E-state index in [4.69, 9.17) is 4.99 Å². The molecule has 5 nitrogen and oxygen atoms in total. The van der Waals surface area contributed by atoms with E-state index in [0.29, 0.717) is 34.0 Å². The van der Waals surface area contributed by atoms with E-state index in [1.165, 1.54) is 28.9 Å². The molecule has 2 heterocycles. The lowest BCUT2D eigenvalue weighted by Crippen LogP contribution is -2.42. The average Bonchev–Trinajstić information content (AvgIpc) is 3.28. The molecule has 2 atom stereocenters. The molecular formula is C26H23F2N3O2S. The lowest BCUT2D eigenvalue weighted by molar-refractivity contribution is 0.167. The molecule has 0 spiro atoms. The maximum atomic E-state index is 15.3. The first-order chi connectivity index (χ1) is 16.5. The zero-order valence-electron chi connectivity index (χ0n) is 18.3. The van der Waals surface area contributed by atoms with Crippen molar-refractivity contribution in [3.8, 4) is 11.1 Å². The smallest absolute Gasteiger partial charge is 0.413 e. The van der Waals surface area contributed by atoms with Crippen LogP contribution in [0.1, 0.15) is 30.4 Å². The molecule has 0 saturated heterocycles. The zero-order chi connectivity index (χ0) is 23.7. The normalized spacial score (nSPS) is 21.6. The van der Waals surface area contributed by atoms with Gasteiger partial charge < -0.3 is 5.11 Å². The molecule has 2 unspecified atom stereocenters. The number of hydrogen-bond acceptors (Lipinski definition) is 4. The Balaban J connectivity index is 1.59. The Hall–Kier alpha value is -3.26. The van der Waals surface area contributed by atoms with Crippen LogP contribution < -0.4 is 0 Å². The third-order valence-electron chi connectivity index (χ3n) is 6.64. The number of carboxylic acid groups (broad SMARTS) is 1. The third kappa shape index (κ3) is 4.07. The summed E-state index contributed by atoms with van der Waals surface area (Å²) in [5, 5.41) is 10.3. The van der Waals surface area contributed by atoms with Crippen molar-refractivity contribution in [2.45, 2.75) is 31.3 Å². The first-order valence-corrected chi connectivity index (χ1v) is 12.1. The average molecular weight is 480 g/mol. The van der Waals surface area contributed by atoms with Gasteiger partial charge in [0, 0.05) is 23.1 Å². The van der Waals surface area contributed by atoms with Crippen LogP contribution in [0, 0.1) is 17.7 Å². The van der Waals surface area contributed by atoms with Crippen LogP contribution >= 0.6 is 11.8 Å². The first kappa shape index (κ1) is 22.5. The summed E-state index contributed by atoms with van der Waals surface area (Å²) in [4.78, 5) is 22.1. The number of thioether (sulfide) groups is 1. The van der Waals surface area contributed by atoms with E-state index in [2.05, 4.69) is 4.98 Å². The fourth-order valence-corrected chi connectivity index (χ4v) is 6.29. The highest BCUT2D eigenvalue weighted by atomic mass is 32.2. The minimum Gasteiger partial charge on any atom is -0.465 e. The number of amides is 1. The molecule has 2 aromatic carbocycles. The molecule has 1 saturated carbocycles. The Bertz CT molecular complexity index is 1250. The highest BCUT2D eigenvalue weighted by Crippen LogP contribution is 2.52. The molecule has 2 aliphatic rings. The molecule has 174 valence electrons. The Morgan fingerprint density at radius 3 is 2.74 bits per heavy atom. The van der Waals surface area contributed by atoms with Gasteiger partial charge in [0.1, 0.15) is 5.82 Å². The Morgan fingerprint density at radius 1 is 1.15 bits per heavy atom. The number of halogens is 2. The third-order valence-corrected chi connectivity index (χ3v) is 7.78. The molecule has 1 amide bonds. The fraction of sp³-hybridized carbons (Fsp3) is 0.269. The SMILES string of the molecule is O=C(O)N(Cc1ccccc1)C1=NC2(c3cc(-c4cccnc4F)ccc3F)CCCC2CS1. The van der Waals surface area contributed by atoms with Crippen LogP contribution in [0.5, 0.6) is 0 Å². The summed E-state index contributed by atoms with van der Waals surface area (Å²) in [7, 11) is 0. The van der Waals surface area contributed by atoms with Gasteiger partial charge in [-0.15, -0.1) is 0 Å². The molecule has 1 fully saturated rings. The van der Waals surface area contributed by atoms with Gasteiger partial charge in [0.2, 0.25) is 5.95 Å². The van der Waals surface area contributed by atoms with E-state index in [9.17, 15) is 14.3 Å². The van der Waals surface area contributed by atoms with Crippen LogP contribution in [0.4, 0.5) is 13.6 Å². The van der Waals surface area contributed by atoms with Crippen molar-refractivity contribution in [3.05, 3.63) is 89.8 Å². The van der Waals surface area contributed by atoms with Gasteiger partial charge in [0.05, 0.1) is 12.1 Å². The highest BCUT2D eigenvalue weighted by molar-refractivity contribution is 8.13. The van der Waals surface area contributed by atoms with E-state index in [1.54, 1.807) is 24.3 Å². The summed E-state index contributed by atoms with van der Waals surface area (Å²) in [5.41, 5.74) is 1.16. The molecule has 3 aromatic rings. The fourth-order valence-electron chi connectivity index (χ4n) is 4.97. The predicted molar refractivity (Wildman–Crippen MR) is 129 cm³/mol. The number of amidine groups is 1. The van der Waals surface area contributed by atoms with Gasteiger partial charge in [0.25, 0.3) is 0 Å². The second-order valence-electron chi connectivity index (χ2n) is 8.61. The van der Waals surface area contributed by atoms with Gasteiger partial charge in [-0.2, -0.15) is 4.39 Å². The maximum Gasteiger partial charge on any atom is 0.413 e. The maximum absolute atomic E-state index is 15.3. The quantitative estimate of drug-likeness (QED) is 0.446. The van der Waals surface area contributed by atoms with Crippen molar-refractivity contribution in [2.24, 2.45) is 10.9 Å². The molecule has 1 N–H and O–H groups in total. The van der Waals surface area contributed by atoms with Crippen molar-refractivity contribution in [1.29, 1.82) is 0 Å². The van der Waals surface area contributed by atoms with Crippen LogP contribution in [0.15, 0.2) is 71.9 Å². The van der Waals surface area contributed by atoms with E-state index >= 15 is 4.39 Å². The highest BCUT2D eigenvalue weighted by Gasteiger charge is 2.49.